The number of hydrogen-bond acceptors (Lipinski definition) is 2. The minimum Gasteiger partial charge on any atom is -0.273 e. The predicted octanol–water partition coefficient (Wildman–Crippen LogP) is 1.37. The Hall–Kier alpha value is -1.97. The minimum atomic E-state index is -0.371. The van der Waals surface area contributed by atoms with Gasteiger partial charge in [-0.3, -0.25) is 14.5 Å². The van der Waals surface area contributed by atoms with Crippen molar-refractivity contribution in [1.29, 1.82) is 0 Å². The van der Waals surface area contributed by atoms with E-state index in [0.717, 1.165) is 5.69 Å². The first-order valence-corrected chi connectivity index (χ1v) is 4.64. The van der Waals surface area contributed by atoms with Crippen LogP contribution in [0.5, 0.6) is 0 Å². The van der Waals surface area contributed by atoms with Crippen LogP contribution in [0.2, 0.25) is 0 Å². The zero-order valence-corrected chi connectivity index (χ0v) is 8.30. The Labute approximate surface area is 87.2 Å². The number of para-hydroxylation sites is 1. The smallest absolute Gasteiger partial charge is 0.256 e. The van der Waals surface area contributed by atoms with E-state index in [4.69, 9.17) is 0 Å². The molecule has 0 fully saturated rings. The molecule has 4 heteroatoms. The maximum atomic E-state index is 11.6. The molecular formula is C11H10N2O2. The van der Waals surface area contributed by atoms with E-state index in [2.05, 4.69) is 4.99 Å². The highest BCUT2D eigenvalue weighted by atomic mass is 16.2. The van der Waals surface area contributed by atoms with Crippen molar-refractivity contribution in [2.75, 3.05) is 4.90 Å². The second-order valence-corrected chi connectivity index (χ2v) is 3.29. The van der Waals surface area contributed by atoms with Crippen molar-refractivity contribution < 1.29 is 9.59 Å². The van der Waals surface area contributed by atoms with Crippen LogP contribution in [0.15, 0.2) is 35.3 Å². The molecule has 0 saturated heterocycles. The molecule has 0 spiro atoms. The number of anilines is 1. The summed E-state index contributed by atoms with van der Waals surface area (Å²) in [6, 6.07) is 9.17. The maximum Gasteiger partial charge on any atom is 0.256 e. The second kappa shape index (κ2) is 3.65. The summed E-state index contributed by atoms with van der Waals surface area (Å²) in [6.45, 7) is 1.65. The van der Waals surface area contributed by atoms with Gasteiger partial charge >= 0.3 is 0 Å². The van der Waals surface area contributed by atoms with Crippen LogP contribution in [-0.4, -0.2) is 17.6 Å². The van der Waals surface area contributed by atoms with E-state index in [9.17, 15) is 9.59 Å². The van der Waals surface area contributed by atoms with Gasteiger partial charge in [-0.1, -0.05) is 18.2 Å². The lowest BCUT2D eigenvalue weighted by molar-refractivity contribution is -0.126. The molecule has 76 valence electrons. The van der Waals surface area contributed by atoms with E-state index in [1.807, 2.05) is 30.3 Å². The van der Waals surface area contributed by atoms with E-state index >= 15 is 0 Å². The zero-order valence-electron chi connectivity index (χ0n) is 8.30. The number of amidine groups is 1. The van der Waals surface area contributed by atoms with Gasteiger partial charge in [0, 0.05) is 0 Å². The average Bonchev–Trinajstić information content (AvgIpc) is 2.17. The summed E-state index contributed by atoms with van der Waals surface area (Å²) in [5, 5.41) is 0. The maximum absolute atomic E-state index is 11.6. The fraction of sp³-hybridized carbons (Fsp3) is 0.182. The van der Waals surface area contributed by atoms with Crippen molar-refractivity contribution in [2.24, 2.45) is 4.99 Å². The van der Waals surface area contributed by atoms with Crippen molar-refractivity contribution in [2.45, 2.75) is 13.3 Å². The molecule has 0 radical (unpaired) electrons. The Morgan fingerprint density at radius 2 is 1.87 bits per heavy atom. The van der Waals surface area contributed by atoms with Crippen LogP contribution < -0.4 is 4.90 Å². The van der Waals surface area contributed by atoms with Crippen molar-refractivity contribution in [1.82, 2.24) is 0 Å². The molecule has 0 atom stereocenters. The largest absolute Gasteiger partial charge is 0.273 e. The molecule has 0 bridgehead atoms. The van der Waals surface area contributed by atoms with E-state index in [-0.39, 0.29) is 18.2 Å². The molecule has 1 heterocycles. The Bertz CT molecular complexity index is 437. The summed E-state index contributed by atoms with van der Waals surface area (Å²) in [4.78, 5) is 27.9. The summed E-state index contributed by atoms with van der Waals surface area (Å²) in [6.07, 6.45) is -0.147. The highest BCUT2D eigenvalue weighted by Crippen LogP contribution is 2.18. The number of hydrogen-bond donors (Lipinski definition) is 0. The number of benzene rings is 1. The Kier molecular flexibility index (Phi) is 2.33. The van der Waals surface area contributed by atoms with Crippen molar-refractivity contribution in [3.8, 4) is 0 Å². The average molecular weight is 202 g/mol. The van der Waals surface area contributed by atoms with Gasteiger partial charge in [0.15, 0.2) is 0 Å². The van der Waals surface area contributed by atoms with Gasteiger partial charge in [0.05, 0.1) is 5.69 Å². The first-order valence-electron chi connectivity index (χ1n) is 4.64. The fourth-order valence-corrected chi connectivity index (χ4v) is 1.57. The molecular weight excluding hydrogens is 192 g/mol. The second-order valence-electron chi connectivity index (χ2n) is 3.29. The lowest BCUT2D eigenvalue weighted by Crippen LogP contribution is -2.40. The topological polar surface area (TPSA) is 49.7 Å². The highest BCUT2D eigenvalue weighted by Gasteiger charge is 2.25. The van der Waals surface area contributed by atoms with Gasteiger partial charge < -0.3 is 0 Å². The molecule has 1 aliphatic rings. The van der Waals surface area contributed by atoms with Gasteiger partial charge in [-0.15, -0.1) is 0 Å². The molecule has 0 aromatic heterocycles. The number of carbonyl (C=O) groups is 2. The molecule has 0 unspecified atom stereocenters. The molecule has 15 heavy (non-hydrogen) atoms. The minimum absolute atomic E-state index is 0.147. The molecule has 1 aromatic rings. The first-order chi connectivity index (χ1) is 7.18. The summed E-state index contributed by atoms with van der Waals surface area (Å²) in [7, 11) is 0. The third-order valence-corrected chi connectivity index (χ3v) is 2.18. The molecule has 2 rings (SSSR count). The zero-order chi connectivity index (χ0) is 10.8. The molecule has 1 aliphatic heterocycles. The lowest BCUT2D eigenvalue weighted by atomic mass is 10.2. The van der Waals surface area contributed by atoms with Gasteiger partial charge in [-0.25, -0.2) is 0 Å². The molecule has 4 nitrogen and oxygen atoms in total. The Balaban J connectivity index is 2.41. The van der Waals surface area contributed by atoms with Gasteiger partial charge in [0.1, 0.15) is 12.3 Å². The Morgan fingerprint density at radius 3 is 2.47 bits per heavy atom. The van der Waals surface area contributed by atoms with Crippen LogP contribution in [0.1, 0.15) is 13.3 Å². The quantitative estimate of drug-likeness (QED) is 0.646. The van der Waals surface area contributed by atoms with E-state index < -0.39 is 0 Å². The SMILES string of the molecule is CC1=NC(=O)CC(=O)N1c1ccccc1. The van der Waals surface area contributed by atoms with Gasteiger partial charge in [0.25, 0.3) is 5.91 Å². The van der Waals surface area contributed by atoms with Gasteiger partial charge in [-0.2, -0.15) is 4.99 Å². The number of rotatable bonds is 1. The standard InChI is InChI=1S/C11H10N2O2/c1-8-12-10(14)7-11(15)13(8)9-5-3-2-4-6-9/h2-6H,7H2,1H3. The third-order valence-electron chi connectivity index (χ3n) is 2.18. The highest BCUT2D eigenvalue weighted by molar-refractivity contribution is 6.25. The lowest BCUT2D eigenvalue weighted by Gasteiger charge is -2.24. The van der Waals surface area contributed by atoms with Crippen LogP contribution in [0, 0.1) is 0 Å². The van der Waals surface area contributed by atoms with Crippen LogP contribution >= 0.6 is 0 Å². The van der Waals surface area contributed by atoms with Crippen molar-refractivity contribution >= 4 is 23.3 Å². The molecule has 1 aromatic carbocycles. The number of carbonyl (C=O) groups excluding carboxylic acids is 2. The summed E-state index contributed by atoms with van der Waals surface area (Å²) >= 11 is 0. The summed E-state index contributed by atoms with van der Waals surface area (Å²) in [5.74, 6) is -0.161. The fourth-order valence-electron chi connectivity index (χ4n) is 1.57. The molecule has 0 aliphatic carbocycles. The van der Waals surface area contributed by atoms with Crippen LogP contribution in [-0.2, 0) is 9.59 Å². The monoisotopic (exact) mass is 202 g/mol. The number of amides is 2. The predicted molar refractivity (Wildman–Crippen MR) is 56.7 cm³/mol. The van der Waals surface area contributed by atoms with Crippen molar-refractivity contribution in [3.05, 3.63) is 30.3 Å². The summed E-state index contributed by atoms with van der Waals surface area (Å²) < 4.78 is 0. The van der Waals surface area contributed by atoms with Gasteiger partial charge in [-0.05, 0) is 19.1 Å². The van der Waals surface area contributed by atoms with Crippen LogP contribution in [0.3, 0.4) is 0 Å². The third kappa shape index (κ3) is 1.79. The van der Waals surface area contributed by atoms with E-state index in [0.29, 0.717) is 5.84 Å². The number of nitrogens with zero attached hydrogens (tertiary/aromatic N) is 2. The van der Waals surface area contributed by atoms with Crippen molar-refractivity contribution in [3.63, 3.8) is 0 Å². The van der Waals surface area contributed by atoms with E-state index in [1.165, 1.54) is 4.90 Å². The first kappa shape index (κ1) is 9.58. The summed E-state index contributed by atoms with van der Waals surface area (Å²) in [5.41, 5.74) is 0.747. The molecule has 0 N–H and O–H groups in total. The molecule has 2 amide bonds. The van der Waals surface area contributed by atoms with E-state index in [1.54, 1.807) is 6.92 Å². The Morgan fingerprint density at radius 1 is 1.20 bits per heavy atom. The number of aliphatic imine (C=N–C) groups is 1. The molecule has 0 saturated carbocycles. The normalized spacial score (nSPS) is 16.6. The van der Waals surface area contributed by atoms with Crippen LogP contribution in [0.25, 0.3) is 0 Å². The van der Waals surface area contributed by atoms with Gasteiger partial charge in [0.2, 0.25) is 5.91 Å². The van der Waals surface area contributed by atoms with Crippen LogP contribution in [0.4, 0.5) is 5.69 Å².